The van der Waals surface area contributed by atoms with Gasteiger partial charge in [0, 0.05) is 12.1 Å². The molecular formula is C19H38N6O6. The molecule has 12 heteroatoms. The van der Waals surface area contributed by atoms with Crippen LogP contribution in [0.2, 0.25) is 0 Å². The van der Waals surface area contributed by atoms with Crippen LogP contribution in [0, 0.1) is 0 Å². The van der Waals surface area contributed by atoms with E-state index in [1.807, 2.05) is 6.08 Å². The molecule has 0 spiro atoms. The van der Waals surface area contributed by atoms with Crippen LogP contribution in [-0.2, 0) is 18.9 Å². The molecule has 3 aliphatic rings. The predicted octanol–water partition coefficient (Wildman–Crippen LogP) is -3.89. The summed E-state index contributed by atoms with van der Waals surface area (Å²) in [7, 11) is 1.64. The number of hydrogen-bond acceptors (Lipinski definition) is 12. The summed E-state index contributed by atoms with van der Waals surface area (Å²) in [6.07, 6.45) is -1.52. The first-order valence-electron chi connectivity index (χ1n) is 10.7. The second-order valence-electron chi connectivity index (χ2n) is 8.90. The van der Waals surface area contributed by atoms with Gasteiger partial charge >= 0.3 is 0 Å². The van der Waals surface area contributed by atoms with Crippen LogP contribution in [0.4, 0.5) is 0 Å². The monoisotopic (exact) mass is 446 g/mol. The van der Waals surface area contributed by atoms with Crippen LogP contribution in [0.25, 0.3) is 0 Å². The number of rotatable bonds is 6. The third kappa shape index (κ3) is 5.20. The number of nitrogens with one attached hydrogen (secondary N) is 1. The summed E-state index contributed by atoms with van der Waals surface area (Å²) < 4.78 is 23.4. The zero-order chi connectivity index (χ0) is 22.9. The van der Waals surface area contributed by atoms with Crippen molar-refractivity contribution in [3.8, 4) is 0 Å². The molecule has 1 saturated heterocycles. The van der Waals surface area contributed by atoms with Crippen LogP contribution in [-0.4, -0.2) is 97.1 Å². The SMILES string of the molecule is CNC1C(O)C(OC2C(N)CC(N)C(OC3OC(CN)=CCC3N)C2N)OCC1(C)O. The second-order valence-corrected chi connectivity index (χ2v) is 8.90. The molecule has 2 heterocycles. The van der Waals surface area contributed by atoms with E-state index in [-0.39, 0.29) is 13.2 Å². The largest absolute Gasteiger partial charge is 0.467 e. The van der Waals surface area contributed by atoms with Crippen LogP contribution in [0.15, 0.2) is 11.8 Å². The van der Waals surface area contributed by atoms with E-state index in [9.17, 15) is 10.2 Å². The summed E-state index contributed by atoms with van der Waals surface area (Å²) in [5.74, 6) is 0.595. The van der Waals surface area contributed by atoms with Gasteiger partial charge in [0.1, 0.15) is 17.5 Å². The Morgan fingerprint density at radius 1 is 1.13 bits per heavy atom. The quantitative estimate of drug-likeness (QED) is 0.196. The minimum atomic E-state index is -1.26. The maximum absolute atomic E-state index is 10.7. The fourth-order valence-corrected chi connectivity index (χ4v) is 4.52. The van der Waals surface area contributed by atoms with E-state index in [1.54, 1.807) is 14.0 Å². The summed E-state index contributed by atoms with van der Waals surface area (Å²) in [6.45, 7) is 1.78. The second kappa shape index (κ2) is 9.93. The molecule has 31 heavy (non-hydrogen) atoms. The molecule has 11 atom stereocenters. The van der Waals surface area contributed by atoms with Crippen molar-refractivity contribution in [2.45, 2.75) is 86.5 Å². The average molecular weight is 447 g/mol. The minimum Gasteiger partial charge on any atom is -0.467 e. The lowest BCUT2D eigenvalue weighted by molar-refractivity contribution is -0.291. The molecule has 180 valence electrons. The molecule has 2 fully saturated rings. The maximum atomic E-state index is 10.7. The Hall–Kier alpha value is -0.900. The molecule has 1 saturated carbocycles. The molecule has 0 bridgehead atoms. The lowest BCUT2D eigenvalue weighted by Crippen LogP contribution is -2.70. The van der Waals surface area contributed by atoms with Gasteiger partial charge in [-0.25, -0.2) is 0 Å². The fraction of sp³-hybridized carbons (Fsp3) is 0.895. The number of aliphatic hydroxyl groups is 2. The van der Waals surface area contributed by atoms with E-state index in [1.165, 1.54) is 0 Å². The van der Waals surface area contributed by atoms with Gasteiger partial charge in [-0.15, -0.1) is 0 Å². The fourth-order valence-electron chi connectivity index (χ4n) is 4.52. The maximum Gasteiger partial charge on any atom is 0.215 e. The van der Waals surface area contributed by atoms with Crippen molar-refractivity contribution in [2.24, 2.45) is 28.7 Å². The van der Waals surface area contributed by atoms with Crippen LogP contribution in [0.1, 0.15) is 19.8 Å². The van der Waals surface area contributed by atoms with Crippen molar-refractivity contribution >= 4 is 0 Å². The standard InChI is InChI=1S/C19H38N6O6/c1-19(27)7-28-18(13(26)16(19)25-2)31-15-11(23)5-10(22)14(12(15)24)30-17-9(21)4-3-8(6-20)29-17/h3,9-18,25-27H,4-7,20-24H2,1-2H3. The van der Waals surface area contributed by atoms with Crippen LogP contribution in [0.3, 0.4) is 0 Å². The molecule has 0 radical (unpaired) electrons. The van der Waals surface area contributed by atoms with Crippen molar-refractivity contribution in [3.05, 3.63) is 11.8 Å². The topological polar surface area (TPSA) is 220 Å². The van der Waals surface area contributed by atoms with Crippen LogP contribution < -0.4 is 34.0 Å². The zero-order valence-corrected chi connectivity index (χ0v) is 18.1. The van der Waals surface area contributed by atoms with E-state index < -0.39 is 66.7 Å². The van der Waals surface area contributed by atoms with Gasteiger partial charge in [-0.1, -0.05) is 0 Å². The highest BCUT2D eigenvalue weighted by molar-refractivity contribution is 5.05. The first kappa shape index (κ1) is 24.7. The van der Waals surface area contributed by atoms with E-state index >= 15 is 0 Å². The summed E-state index contributed by atoms with van der Waals surface area (Å²) in [5.41, 5.74) is 29.6. The van der Waals surface area contributed by atoms with Gasteiger partial charge in [0.25, 0.3) is 0 Å². The van der Waals surface area contributed by atoms with Gasteiger partial charge < -0.3 is 63.1 Å². The molecule has 2 aliphatic heterocycles. The van der Waals surface area contributed by atoms with Gasteiger partial charge in [-0.2, -0.15) is 0 Å². The first-order valence-corrected chi connectivity index (χ1v) is 10.7. The Bertz CT molecular complexity index is 639. The Labute approximate surface area is 182 Å². The lowest BCUT2D eigenvalue weighted by atomic mass is 9.83. The van der Waals surface area contributed by atoms with Gasteiger partial charge in [-0.05, 0) is 32.9 Å². The number of aliphatic hydroxyl groups excluding tert-OH is 1. The van der Waals surface area contributed by atoms with Crippen molar-refractivity contribution in [1.82, 2.24) is 5.32 Å². The number of likely N-dealkylation sites (N-methyl/N-ethyl adjacent to an activating group) is 1. The van der Waals surface area contributed by atoms with Gasteiger partial charge in [-0.3, -0.25) is 0 Å². The molecule has 0 aromatic heterocycles. The van der Waals surface area contributed by atoms with Crippen molar-refractivity contribution in [3.63, 3.8) is 0 Å². The van der Waals surface area contributed by atoms with Gasteiger partial charge in [0.15, 0.2) is 6.29 Å². The summed E-state index contributed by atoms with van der Waals surface area (Å²) in [5, 5.41) is 24.0. The highest BCUT2D eigenvalue weighted by Crippen LogP contribution is 2.30. The summed E-state index contributed by atoms with van der Waals surface area (Å²) in [6, 6.07) is -2.75. The molecule has 12 nitrogen and oxygen atoms in total. The summed E-state index contributed by atoms with van der Waals surface area (Å²) >= 11 is 0. The smallest absolute Gasteiger partial charge is 0.215 e. The van der Waals surface area contributed by atoms with Gasteiger partial charge in [0.2, 0.25) is 6.29 Å². The lowest BCUT2D eigenvalue weighted by Gasteiger charge is -2.48. The molecule has 0 amide bonds. The van der Waals surface area contributed by atoms with Crippen molar-refractivity contribution < 1.29 is 29.2 Å². The molecule has 1 aliphatic carbocycles. The summed E-state index contributed by atoms with van der Waals surface area (Å²) in [4.78, 5) is 0. The van der Waals surface area contributed by atoms with Gasteiger partial charge in [0.05, 0.1) is 43.5 Å². The molecular weight excluding hydrogens is 408 g/mol. The molecule has 3 rings (SSSR count). The minimum absolute atomic E-state index is 0.0319. The normalized spacial score (nSPS) is 48.7. The Morgan fingerprint density at radius 3 is 2.32 bits per heavy atom. The van der Waals surface area contributed by atoms with E-state index in [0.717, 1.165) is 0 Å². The number of nitrogens with two attached hydrogens (primary N) is 5. The highest BCUT2D eigenvalue weighted by atomic mass is 16.7. The Morgan fingerprint density at radius 2 is 1.74 bits per heavy atom. The molecule has 0 aromatic rings. The Balaban J connectivity index is 1.69. The molecule has 13 N–H and O–H groups in total. The zero-order valence-electron chi connectivity index (χ0n) is 18.1. The Kier molecular flexibility index (Phi) is 7.92. The van der Waals surface area contributed by atoms with Crippen molar-refractivity contribution in [2.75, 3.05) is 20.2 Å². The number of ether oxygens (including phenoxy) is 4. The van der Waals surface area contributed by atoms with Crippen LogP contribution in [0.5, 0.6) is 0 Å². The number of hydrogen-bond donors (Lipinski definition) is 8. The third-order valence-electron chi connectivity index (χ3n) is 6.31. The molecule has 0 aromatic carbocycles. The van der Waals surface area contributed by atoms with E-state index in [4.69, 9.17) is 47.6 Å². The highest BCUT2D eigenvalue weighted by Gasteiger charge is 2.50. The molecule has 11 unspecified atom stereocenters. The van der Waals surface area contributed by atoms with Crippen molar-refractivity contribution in [1.29, 1.82) is 0 Å². The first-order chi connectivity index (χ1) is 14.6. The van der Waals surface area contributed by atoms with E-state index in [2.05, 4.69) is 5.32 Å². The van der Waals surface area contributed by atoms with E-state index in [0.29, 0.717) is 18.6 Å². The third-order valence-corrected chi connectivity index (χ3v) is 6.31. The predicted molar refractivity (Wildman–Crippen MR) is 112 cm³/mol. The average Bonchev–Trinajstić information content (AvgIpc) is 2.71. The van der Waals surface area contributed by atoms with Crippen LogP contribution >= 0.6 is 0 Å².